The van der Waals surface area contributed by atoms with E-state index in [-0.39, 0.29) is 17.9 Å². The standard InChI is InChI=1S/C24H35F3O/c1-2-3-16-4-6-17(7-5-16)18-8-10-19(11-9-18)22(28)15-13-20-12-14-21(25)24(27)23(20)26/h12,14,16-19,22,28H,2-11,13,15H2,1H3. The van der Waals surface area contributed by atoms with Crippen LogP contribution < -0.4 is 0 Å². The van der Waals surface area contributed by atoms with Gasteiger partial charge in [-0.15, -0.1) is 0 Å². The van der Waals surface area contributed by atoms with Crippen LogP contribution in [0.1, 0.15) is 83.1 Å². The van der Waals surface area contributed by atoms with Gasteiger partial charge in [0.05, 0.1) is 6.10 Å². The summed E-state index contributed by atoms with van der Waals surface area (Å²) < 4.78 is 40.2. The summed E-state index contributed by atoms with van der Waals surface area (Å²) in [6, 6.07) is 2.24. The SMILES string of the molecule is CCCC1CCC(C2CCC(C(O)CCc3ccc(F)c(F)c3F)CC2)CC1. The van der Waals surface area contributed by atoms with Crippen molar-refractivity contribution >= 4 is 0 Å². The average Bonchev–Trinajstić information content (AvgIpc) is 2.72. The number of rotatable bonds is 7. The number of aryl methyl sites for hydroxylation is 1. The van der Waals surface area contributed by atoms with Crippen molar-refractivity contribution in [2.75, 3.05) is 0 Å². The van der Waals surface area contributed by atoms with Gasteiger partial charge in [-0.1, -0.05) is 38.7 Å². The number of aliphatic hydroxyl groups is 1. The summed E-state index contributed by atoms with van der Waals surface area (Å²) in [6.45, 7) is 2.28. The Labute approximate surface area is 167 Å². The van der Waals surface area contributed by atoms with Crippen LogP contribution in [0.4, 0.5) is 13.2 Å². The molecule has 3 rings (SSSR count). The Morgan fingerprint density at radius 1 is 0.893 bits per heavy atom. The molecule has 0 saturated heterocycles. The third kappa shape index (κ3) is 5.31. The van der Waals surface area contributed by atoms with Gasteiger partial charge in [0.2, 0.25) is 0 Å². The van der Waals surface area contributed by atoms with Gasteiger partial charge in [-0.05, 0) is 86.7 Å². The van der Waals surface area contributed by atoms with Crippen molar-refractivity contribution in [2.24, 2.45) is 23.7 Å². The van der Waals surface area contributed by atoms with Gasteiger partial charge in [0.15, 0.2) is 17.5 Å². The van der Waals surface area contributed by atoms with Crippen LogP contribution in [-0.4, -0.2) is 11.2 Å². The summed E-state index contributed by atoms with van der Waals surface area (Å²) in [7, 11) is 0. The Balaban J connectivity index is 1.42. The highest BCUT2D eigenvalue weighted by molar-refractivity contribution is 5.20. The monoisotopic (exact) mass is 396 g/mol. The van der Waals surface area contributed by atoms with Gasteiger partial charge in [-0.25, -0.2) is 13.2 Å². The minimum absolute atomic E-state index is 0.149. The van der Waals surface area contributed by atoms with Gasteiger partial charge >= 0.3 is 0 Å². The highest BCUT2D eigenvalue weighted by atomic mass is 19.2. The maximum absolute atomic E-state index is 13.8. The molecule has 1 atom stereocenters. The van der Waals surface area contributed by atoms with E-state index in [4.69, 9.17) is 0 Å². The van der Waals surface area contributed by atoms with Gasteiger partial charge in [0.25, 0.3) is 0 Å². The fourth-order valence-corrected chi connectivity index (χ4v) is 5.66. The molecule has 0 amide bonds. The molecule has 0 bridgehead atoms. The fourth-order valence-electron chi connectivity index (χ4n) is 5.66. The first-order valence-electron chi connectivity index (χ1n) is 11.3. The van der Waals surface area contributed by atoms with Crippen LogP contribution in [0.25, 0.3) is 0 Å². The minimum atomic E-state index is -1.42. The molecule has 1 aromatic carbocycles. The van der Waals surface area contributed by atoms with E-state index in [2.05, 4.69) is 6.92 Å². The first-order valence-corrected chi connectivity index (χ1v) is 11.3. The molecule has 0 spiro atoms. The van der Waals surface area contributed by atoms with Crippen LogP contribution in [0.5, 0.6) is 0 Å². The van der Waals surface area contributed by atoms with Crippen molar-refractivity contribution in [3.8, 4) is 0 Å². The quantitative estimate of drug-likeness (QED) is 0.502. The Morgan fingerprint density at radius 3 is 2.11 bits per heavy atom. The molecular formula is C24H35F3O. The molecule has 0 radical (unpaired) electrons. The van der Waals surface area contributed by atoms with Crippen molar-refractivity contribution in [3.05, 3.63) is 35.1 Å². The van der Waals surface area contributed by atoms with Gasteiger partial charge in [-0.2, -0.15) is 0 Å². The lowest BCUT2D eigenvalue weighted by Crippen LogP contribution is -2.30. The van der Waals surface area contributed by atoms with E-state index in [0.717, 1.165) is 36.7 Å². The zero-order chi connectivity index (χ0) is 20.1. The third-order valence-electron chi connectivity index (χ3n) is 7.44. The molecule has 2 aliphatic carbocycles. The lowest BCUT2D eigenvalue weighted by Gasteiger charge is -2.39. The fraction of sp³-hybridized carbons (Fsp3) is 0.750. The molecule has 28 heavy (non-hydrogen) atoms. The number of aliphatic hydroxyl groups excluding tert-OH is 1. The van der Waals surface area contributed by atoms with Crippen molar-refractivity contribution in [1.29, 1.82) is 0 Å². The second-order valence-corrected chi connectivity index (χ2v) is 9.18. The molecule has 158 valence electrons. The highest BCUT2D eigenvalue weighted by Gasteiger charge is 2.32. The van der Waals surface area contributed by atoms with E-state index in [9.17, 15) is 18.3 Å². The number of hydrogen-bond acceptors (Lipinski definition) is 1. The lowest BCUT2D eigenvalue weighted by atomic mass is 9.68. The number of halogens is 3. The van der Waals surface area contributed by atoms with E-state index in [1.165, 1.54) is 57.4 Å². The van der Waals surface area contributed by atoms with Crippen LogP contribution in [0, 0.1) is 41.1 Å². The van der Waals surface area contributed by atoms with Crippen molar-refractivity contribution in [2.45, 2.75) is 90.1 Å². The molecule has 1 nitrogen and oxygen atoms in total. The van der Waals surface area contributed by atoms with Gasteiger partial charge in [0.1, 0.15) is 0 Å². The van der Waals surface area contributed by atoms with E-state index in [1.807, 2.05) is 0 Å². The minimum Gasteiger partial charge on any atom is -0.393 e. The zero-order valence-corrected chi connectivity index (χ0v) is 17.1. The maximum Gasteiger partial charge on any atom is 0.194 e. The second-order valence-electron chi connectivity index (χ2n) is 9.18. The molecule has 0 aromatic heterocycles. The first kappa shape index (κ1) is 21.7. The molecule has 1 N–H and O–H groups in total. The van der Waals surface area contributed by atoms with Gasteiger partial charge in [-0.3, -0.25) is 0 Å². The van der Waals surface area contributed by atoms with Gasteiger partial charge in [0, 0.05) is 0 Å². The van der Waals surface area contributed by atoms with E-state index in [0.29, 0.717) is 6.42 Å². The Hall–Kier alpha value is -1.03. The highest BCUT2D eigenvalue weighted by Crippen LogP contribution is 2.43. The summed E-state index contributed by atoms with van der Waals surface area (Å²) in [5, 5.41) is 10.6. The van der Waals surface area contributed by atoms with E-state index < -0.39 is 23.6 Å². The van der Waals surface area contributed by atoms with Crippen LogP contribution in [0.2, 0.25) is 0 Å². The molecule has 1 unspecified atom stereocenters. The molecule has 4 heteroatoms. The predicted molar refractivity (Wildman–Crippen MR) is 106 cm³/mol. The van der Waals surface area contributed by atoms with E-state index >= 15 is 0 Å². The largest absolute Gasteiger partial charge is 0.393 e. The Bertz CT molecular complexity index is 617. The van der Waals surface area contributed by atoms with Crippen LogP contribution in [0.15, 0.2) is 12.1 Å². The number of benzene rings is 1. The normalized spacial score (nSPS) is 29.6. The molecule has 0 heterocycles. The smallest absolute Gasteiger partial charge is 0.194 e. The zero-order valence-electron chi connectivity index (χ0n) is 17.1. The topological polar surface area (TPSA) is 20.2 Å². The summed E-state index contributed by atoms with van der Waals surface area (Å²) in [5.41, 5.74) is 0.149. The molecule has 2 aliphatic rings. The van der Waals surface area contributed by atoms with Gasteiger partial charge < -0.3 is 5.11 Å². The summed E-state index contributed by atoms with van der Waals surface area (Å²) in [4.78, 5) is 0. The van der Waals surface area contributed by atoms with E-state index in [1.54, 1.807) is 0 Å². The third-order valence-corrected chi connectivity index (χ3v) is 7.44. The molecule has 2 fully saturated rings. The molecule has 1 aromatic rings. The van der Waals surface area contributed by atoms with Crippen molar-refractivity contribution < 1.29 is 18.3 Å². The summed E-state index contributed by atoms with van der Waals surface area (Å²) in [6.07, 6.45) is 12.8. The molecule has 0 aliphatic heterocycles. The first-order chi connectivity index (χ1) is 13.5. The average molecular weight is 397 g/mol. The van der Waals surface area contributed by atoms with Crippen molar-refractivity contribution in [1.82, 2.24) is 0 Å². The van der Waals surface area contributed by atoms with Crippen LogP contribution in [0.3, 0.4) is 0 Å². The van der Waals surface area contributed by atoms with Crippen molar-refractivity contribution in [3.63, 3.8) is 0 Å². The predicted octanol–water partition coefficient (Wildman–Crippen LogP) is 6.81. The summed E-state index contributed by atoms with van der Waals surface area (Å²) >= 11 is 0. The molecule has 2 saturated carbocycles. The Kier molecular flexibility index (Phi) is 7.85. The Morgan fingerprint density at radius 2 is 1.50 bits per heavy atom. The summed E-state index contributed by atoms with van der Waals surface area (Å²) in [5.74, 6) is -0.839. The second kappa shape index (κ2) is 10.1. The van der Waals surface area contributed by atoms with Crippen LogP contribution in [-0.2, 0) is 6.42 Å². The van der Waals surface area contributed by atoms with Crippen LogP contribution >= 0.6 is 0 Å². The maximum atomic E-state index is 13.8. The number of hydrogen-bond donors (Lipinski definition) is 1. The molecular weight excluding hydrogens is 361 g/mol. The lowest BCUT2D eigenvalue weighted by molar-refractivity contribution is 0.0515.